The van der Waals surface area contributed by atoms with Gasteiger partial charge in [0.2, 0.25) is 0 Å². The van der Waals surface area contributed by atoms with Crippen molar-refractivity contribution < 1.29 is 0 Å². The van der Waals surface area contributed by atoms with Gasteiger partial charge in [-0.1, -0.05) is 22.0 Å². The number of hydrogen-bond donors (Lipinski definition) is 1. The number of hydrogen-bond acceptors (Lipinski definition) is 1. The Labute approximate surface area is 100 Å². The first-order valence-electron chi connectivity index (χ1n) is 5.05. The fourth-order valence-corrected chi connectivity index (χ4v) is 2.30. The lowest BCUT2D eigenvalue weighted by molar-refractivity contribution is 0.558. The molecule has 0 saturated heterocycles. The van der Waals surface area contributed by atoms with Gasteiger partial charge in [-0.15, -0.1) is 12.3 Å². The zero-order valence-corrected chi connectivity index (χ0v) is 10.8. The summed E-state index contributed by atoms with van der Waals surface area (Å²) in [6.07, 6.45) is 7.06. The van der Waals surface area contributed by atoms with Gasteiger partial charge < -0.3 is 5.32 Å². The Hall–Kier alpha value is -0.780. The quantitative estimate of drug-likeness (QED) is 0.823. The van der Waals surface area contributed by atoms with E-state index in [-0.39, 0.29) is 0 Å². The molecule has 1 N–H and O–H groups in total. The standard InChI is InChI=1S/C13H16BrN/c1-4-5-6-13(15-3)11-7-10(2)8-12(14)9-11/h1,7-9,13,15H,5-6H2,2-3H3. The molecule has 0 amide bonds. The Morgan fingerprint density at radius 3 is 2.73 bits per heavy atom. The second-order valence-electron chi connectivity index (χ2n) is 3.65. The lowest BCUT2D eigenvalue weighted by atomic mass is 10.0. The molecule has 2 heteroatoms. The maximum Gasteiger partial charge on any atom is 0.0327 e. The van der Waals surface area contributed by atoms with Crippen molar-refractivity contribution in [3.63, 3.8) is 0 Å². The molecule has 0 aliphatic heterocycles. The van der Waals surface area contributed by atoms with E-state index in [1.54, 1.807) is 0 Å². The fourth-order valence-electron chi connectivity index (χ4n) is 1.67. The van der Waals surface area contributed by atoms with E-state index < -0.39 is 0 Å². The van der Waals surface area contributed by atoms with Crippen LogP contribution in [-0.2, 0) is 0 Å². The topological polar surface area (TPSA) is 12.0 Å². The van der Waals surface area contributed by atoms with E-state index in [9.17, 15) is 0 Å². The third-order valence-electron chi connectivity index (χ3n) is 2.39. The number of rotatable bonds is 4. The van der Waals surface area contributed by atoms with Crippen LogP contribution in [0.4, 0.5) is 0 Å². The molecule has 1 nitrogen and oxygen atoms in total. The Bertz CT molecular complexity index is 345. The third-order valence-corrected chi connectivity index (χ3v) is 2.85. The summed E-state index contributed by atoms with van der Waals surface area (Å²) >= 11 is 3.51. The molecule has 0 aliphatic carbocycles. The summed E-state index contributed by atoms with van der Waals surface area (Å²) in [5.41, 5.74) is 2.56. The van der Waals surface area contributed by atoms with Gasteiger partial charge in [-0.05, 0) is 43.7 Å². The van der Waals surface area contributed by atoms with Gasteiger partial charge >= 0.3 is 0 Å². The first kappa shape index (κ1) is 12.3. The van der Waals surface area contributed by atoms with Gasteiger partial charge in [-0.2, -0.15) is 0 Å². The number of aryl methyl sites for hydroxylation is 1. The molecule has 1 unspecified atom stereocenters. The second kappa shape index (κ2) is 5.95. The van der Waals surface area contributed by atoms with Crippen LogP contribution >= 0.6 is 15.9 Å². The molecule has 0 fully saturated rings. The minimum atomic E-state index is 0.345. The molecule has 0 radical (unpaired) electrons. The number of benzene rings is 1. The average molecular weight is 266 g/mol. The van der Waals surface area contributed by atoms with Crippen LogP contribution in [0.25, 0.3) is 0 Å². The lowest BCUT2D eigenvalue weighted by Gasteiger charge is -2.16. The molecule has 1 rings (SSSR count). The van der Waals surface area contributed by atoms with Crippen molar-refractivity contribution in [1.82, 2.24) is 5.32 Å². The van der Waals surface area contributed by atoms with Crippen molar-refractivity contribution >= 4 is 15.9 Å². The molecule has 1 aromatic rings. The predicted molar refractivity (Wildman–Crippen MR) is 68.7 cm³/mol. The minimum absolute atomic E-state index is 0.345. The van der Waals surface area contributed by atoms with E-state index in [0.717, 1.165) is 17.3 Å². The summed E-state index contributed by atoms with van der Waals surface area (Å²) in [6, 6.07) is 6.79. The molecule has 80 valence electrons. The van der Waals surface area contributed by atoms with Crippen molar-refractivity contribution in [3.8, 4) is 12.3 Å². The Morgan fingerprint density at radius 2 is 2.20 bits per heavy atom. The van der Waals surface area contributed by atoms with Crippen molar-refractivity contribution in [1.29, 1.82) is 0 Å². The van der Waals surface area contributed by atoms with Crippen molar-refractivity contribution in [2.24, 2.45) is 0 Å². The van der Waals surface area contributed by atoms with E-state index in [1.807, 2.05) is 7.05 Å². The maximum atomic E-state index is 5.28. The van der Waals surface area contributed by atoms with Crippen molar-refractivity contribution in [3.05, 3.63) is 33.8 Å². The van der Waals surface area contributed by atoms with Crippen LogP contribution in [-0.4, -0.2) is 7.05 Å². The summed E-state index contributed by atoms with van der Waals surface area (Å²) in [5.74, 6) is 2.68. The van der Waals surface area contributed by atoms with Crippen molar-refractivity contribution in [2.75, 3.05) is 7.05 Å². The highest BCUT2D eigenvalue weighted by Gasteiger charge is 2.09. The van der Waals surface area contributed by atoms with Gasteiger partial charge in [-0.25, -0.2) is 0 Å². The van der Waals surface area contributed by atoms with E-state index in [0.29, 0.717) is 6.04 Å². The average Bonchev–Trinajstić information content (AvgIpc) is 2.17. The van der Waals surface area contributed by atoms with Crippen LogP contribution in [0.5, 0.6) is 0 Å². The zero-order chi connectivity index (χ0) is 11.3. The summed E-state index contributed by atoms with van der Waals surface area (Å²) in [6.45, 7) is 2.10. The second-order valence-corrected chi connectivity index (χ2v) is 4.56. The normalized spacial score (nSPS) is 12.1. The van der Waals surface area contributed by atoms with Crippen molar-refractivity contribution in [2.45, 2.75) is 25.8 Å². The monoisotopic (exact) mass is 265 g/mol. The summed E-state index contributed by atoms with van der Waals surface area (Å²) in [7, 11) is 1.97. The molecule has 15 heavy (non-hydrogen) atoms. The Morgan fingerprint density at radius 1 is 1.47 bits per heavy atom. The smallest absolute Gasteiger partial charge is 0.0327 e. The number of halogens is 1. The summed E-state index contributed by atoms with van der Waals surface area (Å²) in [4.78, 5) is 0. The summed E-state index contributed by atoms with van der Waals surface area (Å²) in [5, 5.41) is 3.29. The molecule has 0 aliphatic rings. The van der Waals surface area contributed by atoms with Crippen LogP contribution in [0.1, 0.15) is 30.0 Å². The van der Waals surface area contributed by atoms with Gasteiger partial charge in [0.05, 0.1) is 0 Å². The molecule has 0 spiro atoms. The zero-order valence-electron chi connectivity index (χ0n) is 9.18. The van der Waals surface area contributed by atoms with E-state index in [2.05, 4.69) is 52.3 Å². The third kappa shape index (κ3) is 3.70. The van der Waals surface area contributed by atoms with Crippen LogP contribution in [0.3, 0.4) is 0 Å². The number of nitrogens with one attached hydrogen (secondary N) is 1. The highest BCUT2D eigenvalue weighted by Crippen LogP contribution is 2.23. The molecule has 0 aromatic heterocycles. The van der Waals surface area contributed by atoms with Crippen LogP contribution in [0.2, 0.25) is 0 Å². The predicted octanol–water partition coefficient (Wildman–Crippen LogP) is 3.43. The Balaban J connectivity index is 2.87. The van der Waals surface area contributed by atoms with Gasteiger partial charge in [-0.3, -0.25) is 0 Å². The molecule has 0 bridgehead atoms. The van der Waals surface area contributed by atoms with Gasteiger partial charge in [0.25, 0.3) is 0 Å². The lowest BCUT2D eigenvalue weighted by Crippen LogP contribution is -2.16. The summed E-state index contributed by atoms with van der Waals surface area (Å²) < 4.78 is 1.12. The first-order valence-corrected chi connectivity index (χ1v) is 5.84. The molecule has 0 saturated carbocycles. The maximum absolute atomic E-state index is 5.28. The van der Waals surface area contributed by atoms with E-state index in [4.69, 9.17) is 6.42 Å². The van der Waals surface area contributed by atoms with Crippen LogP contribution in [0.15, 0.2) is 22.7 Å². The molecular formula is C13H16BrN. The van der Waals surface area contributed by atoms with Gasteiger partial charge in [0.15, 0.2) is 0 Å². The minimum Gasteiger partial charge on any atom is -0.313 e. The first-order chi connectivity index (χ1) is 7.17. The van der Waals surface area contributed by atoms with E-state index in [1.165, 1.54) is 11.1 Å². The van der Waals surface area contributed by atoms with Gasteiger partial charge in [0.1, 0.15) is 0 Å². The fraction of sp³-hybridized carbons (Fsp3) is 0.385. The van der Waals surface area contributed by atoms with Gasteiger partial charge in [0, 0.05) is 16.9 Å². The molecule has 1 atom stereocenters. The molecule has 0 heterocycles. The highest BCUT2D eigenvalue weighted by atomic mass is 79.9. The van der Waals surface area contributed by atoms with Crippen LogP contribution in [0, 0.1) is 19.3 Å². The molecular weight excluding hydrogens is 250 g/mol. The molecule has 1 aromatic carbocycles. The Kier molecular flexibility index (Phi) is 4.87. The van der Waals surface area contributed by atoms with Crippen LogP contribution < -0.4 is 5.32 Å². The van der Waals surface area contributed by atoms with E-state index >= 15 is 0 Å². The SMILES string of the molecule is C#CCCC(NC)c1cc(C)cc(Br)c1. The highest BCUT2D eigenvalue weighted by molar-refractivity contribution is 9.10. The number of terminal acetylenes is 1. The largest absolute Gasteiger partial charge is 0.313 e.